The number of carbonyl (C=O) groups is 1. The standard InChI is InChI=1S/C10H14N2O2/c1-11-6-7-12-10(14)8-4-2-3-5-9(8)13/h2-5,11,13H,6-7H2,1H3,(H,12,14). The quantitative estimate of drug-likeness (QED) is 0.606. The van der Waals surface area contributed by atoms with Gasteiger partial charge in [-0.2, -0.15) is 0 Å². The molecule has 0 radical (unpaired) electrons. The SMILES string of the molecule is CNCCNC(=O)c1ccccc1O. The van der Waals surface area contributed by atoms with Gasteiger partial charge in [0.05, 0.1) is 5.56 Å². The average molecular weight is 194 g/mol. The van der Waals surface area contributed by atoms with Gasteiger partial charge in [-0.3, -0.25) is 4.79 Å². The molecule has 76 valence electrons. The summed E-state index contributed by atoms with van der Waals surface area (Å²) in [4.78, 5) is 11.4. The van der Waals surface area contributed by atoms with Crippen LogP contribution in [0, 0.1) is 0 Å². The summed E-state index contributed by atoms with van der Waals surface area (Å²) >= 11 is 0. The van der Waals surface area contributed by atoms with Crippen molar-refractivity contribution in [1.29, 1.82) is 0 Å². The Morgan fingerprint density at radius 1 is 1.36 bits per heavy atom. The van der Waals surface area contributed by atoms with E-state index in [-0.39, 0.29) is 11.7 Å². The number of amides is 1. The molecule has 3 N–H and O–H groups in total. The van der Waals surface area contributed by atoms with Crippen LogP contribution in [0.3, 0.4) is 0 Å². The van der Waals surface area contributed by atoms with E-state index in [0.717, 1.165) is 0 Å². The summed E-state index contributed by atoms with van der Waals surface area (Å²) in [5, 5.41) is 15.0. The van der Waals surface area contributed by atoms with Crippen LogP contribution in [0.2, 0.25) is 0 Å². The molecule has 1 aromatic rings. The minimum Gasteiger partial charge on any atom is -0.507 e. The van der Waals surface area contributed by atoms with E-state index in [1.807, 2.05) is 7.05 Å². The Bertz CT molecular complexity index is 313. The second-order valence-corrected chi connectivity index (χ2v) is 2.88. The van der Waals surface area contributed by atoms with Gasteiger partial charge in [-0.05, 0) is 19.2 Å². The Morgan fingerprint density at radius 3 is 2.71 bits per heavy atom. The summed E-state index contributed by atoms with van der Waals surface area (Å²) < 4.78 is 0. The number of aromatic hydroxyl groups is 1. The molecular weight excluding hydrogens is 180 g/mol. The summed E-state index contributed by atoms with van der Waals surface area (Å²) in [6, 6.07) is 6.48. The van der Waals surface area contributed by atoms with Crippen molar-refractivity contribution >= 4 is 5.91 Å². The summed E-state index contributed by atoms with van der Waals surface area (Å²) in [5.41, 5.74) is 0.309. The number of carbonyl (C=O) groups excluding carboxylic acids is 1. The van der Waals surface area contributed by atoms with Gasteiger partial charge in [-0.15, -0.1) is 0 Å². The molecular formula is C10H14N2O2. The van der Waals surface area contributed by atoms with E-state index in [4.69, 9.17) is 0 Å². The smallest absolute Gasteiger partial charge is 0.255 e. The molecule has 0 saturated heterocycles. The lowest BCUT2D eigenvalue weighted by Crippen LogP contribution is -2.30. The third kappa shape index (κ3) is 2.74. The number of likely N-dealkylation sites (N-methyl/N-ethyl adjacent to an activating group) is 1. The predicted octanol–water partition coefficient (Wildman–Crippen LogP) is 0.341. The first kappa shape index (κ1) is 10.5. The minimum atomic E-state index is -0.252. The van der Waals surface area contributed by atoms with Crippen LogP contribution in [0.4, 0.5) is 0 Å². The summed E-state index contributed by atoms with van der Waals surface area (Å²) in [7, 11) is 1.81. The predicted molar refractivity (Wildman–Crippen MR) is 54.4 cm³/mol. The molecule has 0 aliphatic carbocycles. The van der Waals surface area contributed by atoms with E-state index >= 15 is 0 Å². The first-order valence-electron chi connectivity index (χ1n) is 4.46. The van der Waals surface area contributed by atoms with Gasteiger partial charge in [-0.1, -0.05) is 12.1 Å². The van der Waals surface area contributed by atoms with Gasteiger partial charge >= 0.3 is 0 Å². The highest BCUT2D eigenvalue weighted by Crippen LogP contribution is 2.14. The maximum atomic E-state index is 11.4. The van der Waals surface area contributed by atoms with Gasteiger partial charge in [0.2, 0.25) is 0 Å². The number of nitrogens with one attached hydrogen (secondary N) is 2. The van der Waals surface area contributed by atoms with Crippen LogP contribution in [0.1, 0.15) is 10.4 Å². The van der Waals surface area contributed by atoms with E-state index in [0.29, 0.717) is 18.7 Å². The Morgan fingerprint density at radius 2 is 2.07 bits per heavy atom. The van der Waals surface area contributed by atoms with Crippen molar-refractivity contribution in [2.75, 3.05) is 20.1 Å². The number of hydrogen-bond donors (Lipinski definition) is 3. The number of phenols is 1. The van der Waals surface area contributed by atoms with Crippen LogP contribution in [0.25, 0.3) is 0 Å². The number of rotatable bonds is 4. The Kier molecular flexibility index (Phi) is 3.94. The molecule has 0 atom stereocenters. The third-order valence-corrected chi connectivity index (χ3v) is 1.81. The molecule has 0 spiro atoms. The zero-order valence-corrected chi connectivity index (χ0v) is 8.08. The zero-order chi connectivity index (χ0) is 10.4. The average Bonchev–Trinajstić information content (AvgIpc) is 2.18. The molecule has 0 saturated carbocycles. The van der Waals surface area contributed by atoms with Crippen LogP contribution < -0.4 is 10.6 Å². The highest BCUT2D eigenvalue weighted by molar-refractivity contribution is 5.96. The molecule has 0 aliphatic heterocycles. The van der Waals surface area contributed by atoms with E-state index in [1.54, 1.807) is 18.2 Å². The van der Waals surface area contributed by atoms with Crippen molar-refractivity contribution in [2.45, 2.75) is 0 Å². The Hall–Kier alpha value is -1.55. The van der Waals surface area contributed by atoms with Crippen molar-refractivity contribution in [3.63, 3.8) is 0 Å². The Labute approximate surface area is 82.9 Å². The van der Waals surface area contributed by atoms with Crippen molar-refractivity contribution in [3.8, 4) is 5.75 Å². The summed E-state index contributed by atoms with van der Waals surface area (Å²) in [6.07, 6.45) is 0. The van der Waals surface area contributed by atoms with Crippen molar-refractivity contribution in [3.05, 3.63) is 29.8 Å². The van der Waals surface area contributed by atoms with Crippen LogP contribution >= 0.6 is 0 Å². The van der Waals surface area contributed by atoms with Crippen molar-refractivity contribution in [2.24, 2.45) is 0 Å². The molecule has 0 fully saturated rings. The normalized spacial score (nSPS) is 9.79. The summed E-state index contributed by atoms with van der Waals surface area (Å²) in [5.74, 6) is -0.243. The molecule has 0 aromatic heterocycles. The maximum Gasteiger partial charge on any atom is 0.255 e. The van der Waals surface area contributed by atoms with Crippen molar-refractivity contribution in [1.82, 2.24) is 10.6 Å². The molecule has 1 aromatic carbocycles. The van der Waals surface area contributed by atoms with Gasteiger partial charge in [0, 0.05) is 13.1 Å². The van der Waals surface area contributed by atoms with Gasteiger partial charge < -0.3 is 15.7 Å². The molecule has 4 heteroatoms. The van der Waals surface area contributed by atoms with Gasteiger partial charge in [-0.25, -0.2) is 0 Å². The largest absolute Gasteiger partial charge is 0.507 e. The fraction of sp³-hybridized carbons (Fsp3) is 0.300. The molecule has 4 nitrogen and oxygen atoms in total. The highest BCUT2D eigenvalue weighted by atomic mass is 16.3. The summed E-state index contributed by atoms with van der Waals surface area (Å²) in [6.45, 7) is 1.25. The number of phenolic OH excluding ortho intramolecular Hbond substituents is 1. The lowest BCUT2D eigenvalue weighted by atomic mass is 10.2. The molecule has 0 heterocycles. The number of benzene rings is 1. The minimum absolute atomic E-state index is 0.00876. The number of hydrogen-bond acceptors (Lipinski definition) is 3. The van der Waals surface area contributed by atoms with E-state index < -0.39 is 0 Å². The fourth-order valence-corrected chi connectivity index (χ4v) is 1.06. The molecule has 1 amide bonds. The monoisotopic (exact) mass is 194 g/mol. The van der Waals surface area contributed by atoms with Gasteiger partial charge in [0.1, 0.15) is 5.75 Å². The van der Waals surface area contributed by atoms with Crippen LogP contribution in [0.5, 0.6) is 5.75 Å². The van der Waals surface area contributed by atoms with E-state index in [9.17, 15) is 9.90 Å². The van der Waals surface area contributed by atoms with Crippen molar-refractivity contribution < 1.29 is 9.90 Å². The van der Waals surface area contributed by atoms with E-state index in [2.05, 4.69) is 10.6 Å². The first-order valence-corrected chi connectivity index (χ1v) is 4.46. The maximum absolute atomic E-state index is 11.4. The molecule has 1 rings (SSSR count). The van der Waals surface area contributed by atoms with Crippen LogP contribution in [-0.2, 0) is 0 Å². The topological polar surface area (TPSA) is 61.4 Å². The fourth-order valence-electron chi connectivity index (χ4n) is 1.06. The van der Waals surface area contributed by atoms with Gasteiger partial charge in [0.25, 0.3) is 5.91 Å². The molecule has 14 heavy (non-hydrogen) atoms. The second kappa shape index (κ2) is 5.24. The Balaban J connectivity index is 2.56. The lowest BCUT2D eigenvalue weighted by molar-refractivity contribution is 0.0951. The van der Waals surface area contributed by atoms with Gasteiger partial charge in [0.15, 0.2) is 0 Å². The molecule has 0 unspecified atom stereocenters. The lowest BCUT2D eigenvalue weighted by Gasteiger charge is -2.05. The molecule has 0 aliphatic rings. The van der Waals surface area contributed by atoms with E-state index in [1.165, 1.54) is 6.07 Å². The zero-order valence-electron chi connectivity index (χ0n) is 8.08. The molecule has 0 bridgehead atoms. The first-order chi connectivity index (χ1) is 6.75. The highest BCUT2D eigenvalue weighted by Gasteiger charge is 2.08. The van der Waals surface area contributed by atoms with Crippen LogP contribution in [0.15, 0.2) is 24.3 Å². The van der Waals surface area contributed by atoms with Crippen LogP contribution in [-0.4, -0.2) is 31.2 Å². The second-order valence-electron chi connectivity index (χ2n) is 2.88. The number of para-hydroxylation sites is 1. The third-order valence-electron chi connectivity index (χ3n) is 1.81.